The van der Waals surface area contributed by atoms with E-state index in [9.17, 15) is 4.79 Å². The Kier molecular flexibility index (Phi) is 5.88. The molecule has 1 amide bonds. The van der Waals surface area contributed by atoms with Crippen molar-refractivity contribution in [1.29, 1.82) is 0 Å². The minimum Gasteiger partial charge on any atom is -0.489 e. The molecule has 0 unspecified atom stereocenters. The van der Waals surface area contributed by atoms with Gasteiger partial charge >= 0.3 is 0 Å². The predicted octanol–water partition coefficient (Wildman–Crippen LogP) is 3.77. The zero-order chi connectivity index (χ0) is 16.7. The molecule has 0 saturated heterocycles. The normalized spacial score (nSPS) is 9.78. The van der Waals surface area contributed by atoms with Gasteiger partial charge in [-0.15, -0.1) is 0 Å². The third-order valence-electron chi connectivity index (χ3n) is 2.84. The van der Waals surface area contributed by atoms with Gasteiger partial charge in [0.15, 0.2) is 5.11 Å². The maximum atomic E-state index is 12.0. The molecule has 0 saturated carbocycles. The highest BCUT2D eigenvalue weighted by Gasteiger charge is 2.07. The summed E-state index contributed by atoms with van der Waals surface area (Å²) < 4.78 is 5.57. The van der Waals surface area contributed by atoms with Crippen LogP contribution in [0.15, 0.2) is 66.7 Å². The molecule has 5 heteroatoms. The van der Waals surface area contributed by atoms with Gasteiger partial charge in [0.1, 0.15) is 12.4 Å². The molecule has 2 aromatic rings. The molecule has 0 aromatic heterocycles. The van der Waals surface area contributed by atoms with Gasteiger partial charge in [0.2, 0.25) is 0 Å². The highest BCUT2D eigenvalue weighted by Crippen LogP contribution is 2.17. The van der Waals surface area contributed by atoms with E-state index in [4.69, 9.17) is 17.0 Å². The van der Waals surface area contributed by atoms with E-state index in [1.807, 2.05) is 37.3 Å². The van der Waals surface area contributed by atoms with Gasteiger partial charge in [-0.2, -0.15) is 0 Å². The van der Waals surface area contributed by atoms with Crippen LogP contribution < -0.4 is 15.4 Å². The average molecular weight is 326 g/mol. The van der Waals surface area contributed by atoms with E-state index >= 15 is 0 Å². The van der Waals surface area contributed by atoms with E-state index in [1.165, 1.54) is 0 Å². The molecule has 0 heterocycles. The Bertz CT molecular complexity index is 714. The van der Waals surface area contributed by atoms with Crippen molar-refractivity contribution in [1.82, 2.24) is 5.32 Å². The van der Waals surface area contributed by atoms with E-state index in [2.05, 4.69) is 17.2 Å². The lowest BCUT2D eigenvalue weighted by atomic mass is 10.2. The first-order chi connectivity index (χ1) is 11.0. The summed E-state index contributed by atoms with van der Waals surface area (Å²) in [6.07, 6.45) is 0. The number of benzene rings is 2. The van der Waals surface area contributed by atoms with Crippen LogP contribution in [-0.4, -0.2) is 17.6 Å². The molecule has 0 aliphatic carbocycles. The number of hydrogen-bond acceptors (Lipinski definition) is 3. The molecule has 2 aromatic carbocycles. The summed E-state index contributed by atoms with van der Waals surface area (Å²) in [4.78, 5) is 12.0. The summed E-state index contributed by atoms with van der Waals surface area (Å²) >= 11 is 5.16. The van der Waals surface area contributed by atoms with Crippen molar-refractivity contribution in [2.45, 2.75) is 6.92 Å². The predicted molar refractivity (Wildman–Crippen MR) is 96.9 cm³/mol. The first kappa shape index (κ1) is 16.7. The Morgan fingerprint density at radius 3 is 2.61 bits per heavy atom. The topological polar surface area (TPSA) is 50.4 Å². The Labute approximate surface area is 141 Å². The van der Waals surface area contributed by atoms with Gasteiger partial charge in [0.25, 0.3) is 5.91 Å². The summed E-state index contributed by atoms with van der Waals surface area (Å²) in [5.74, 6) is 0.452. The smallest absolute Gasteiger partial charge is 0.257 e. The van der Waals surface area contributed by atoms with Crippen LogP contribution in [0.25, 0.3) is 0 Å². The van der Waals surface area contributed by atoms with Crippen molar-refractivity contribution in [3.63, 3.8) is 0 Å². The van der Waals surface area contributed by atoms with Crippen molar-refractivity contribution in [3.8, 4) is 5.75 Å². The van der Waals surface area contributed by atoms with Crippen LogP contribution in [0, 0.1) is 0 Å². The maximum absolute atomic E-state index is 12.0. The molecule has 0 fully saturated rings. The number of ether oxygens (including phenoxy) is 1. The lowest BCUT2D eigenvalue weighted by molar-refractivity contribution is 0.0977. The number of amides is 1. The van der Waals surface area contributed by atoms with Crippen LogP contribution in [0.5, 0.6) is 5.75 Å². The highest BCUT2D eigenvalue weighted by molar-refractivity contribution is 7.80. The zero-order valence-electron chi connectivity index (χ0n) is 12.8. The number of nitrogens with one attached hydrogen (secondary N) is 2. The first-order valence-electron chi connectivity index (χ1n) is 7.09. The fourth-order valence-corrected chi connectivity index (χ4v) is 2.01. The van der Waals surface area contributed by atoms with E-state index in [0.717, 1.165) is 11.3 Å². The van der Waals surface area contributed by atoms with Crippen LogP contribution in [0.1, 0.15) is 17.3 Å². The van der Waals surface area contributed by atoms with Gasteiger partial charge in [-0.25, -0.2) is 0 Å². The molecule has 0 aliphatic heterocycles. The second kappa shape index (κ2) is 8.10. The summed E-state index contributed by atoms with van der Waals surface area (Å²) in [7, 11) is 0. The zero-order valence-corrected chi connectivity index (χ0v) is 13.7. The molecule has 0 bridgehead atoms. The molecule has 0 aliphatic rings. The Balaban J connectivity index is 1.93. The third kappa shape index (κ3) is 5.56. The number of carbonyl (C=O) groups is 1. The molecule has 0 radical (unpaired) electrons. The minimum atomic E-state index is -0.252. The van der Waals surface area contributed by atoms with Gasteiger partial charge in [-0.1, -0.05) is 30.8 Å². The van der Waals surface area contributed by atoms with Crippen molar-refractivity contribution < 1.29 is 9.53 Å². The minimum absolute atomic E-state index is 0.232. The molecule has 0 atom stereocenters. The first-order valence-corrected chi connectivity index (χ1v) is 7.50. The maximum Gasteiger partial charge on any atom is 0.257 e. The van der Waals surface area contributed by atoms with E-state index in [0.29, 0.717) is 17.9 Å². The van der Waals surface area contributed by atoms with Gasteiger partial charge in [-0.3, -0.25) is 10.1 Å². The molecule has 0 spiro atoms. The van der Waals surface area contributed by atoms with Crippen molar-refractivity contribution in [2.75, 3.05) is 11.9 Å². The summed E-state index contributed by atoms with van der Waals surface area (Å²) in [6.45, 7) is 6.15. The Morgan fingerprint density at radius 2 is 1.91 bits per heavy atom. The number of thiocarbonyl (C=S) groups is 1. The van der Waals surface area contributed by atoms with Crippen LogP contribution in [0.4, 0.5) is 5.69 Å². The van der Waals surface area contributed by atoms with Crippen molar-refractivity contribution >= 4 is 28.9 Å². The second-order valence-electron chi connectivity index (χ2n) is 5.05. The van der Waals surface area contributed by atoms with Crippen molar-refractivity contribution in [3.05, 3.63) is 72.3 Å². The number of rotatable bonds is 5. The molecule has 118 valence electrons. The van der Waals surface area contributed by atoms with Crippen molar-refractivity contribution in [2.24, 2.45) is 0 Å². The fraction of sp³-hybridized carbons (Fsp3) is 0.111. The van der Waals surface area contributed by atoms with E-state index in [1.54, 1.807) is 24.3 Å². The molecular weight excluding hydrogens is 308 g/mol. The van der Waals surface area contributed by atoms with Gasteiger partial charge in [0.05, 0.1) is 0 Å². The number of anilines is 1. The monoisotopic (exact) mass is 326 g/mol. The summed E-state index contributed by atoms with van der Waals surface area (Å²) in [5.41, 5.74) is 2.23. The molecule has 4 nitrogen and oxygen atoms in total. The number of hydrogen-bond donors (Lipinski definition) is 2. The standard InChI is InChI=1S/C18H18N2O2S/c1-13(2)12-22-16-10-6-9-15(11-16)19-18(23)20-17(21)14-7-4-3-5-8-14/h3-11H,1,12H2,2H3,(H2,19,20,21,23). The largest absolute Gasteiger partial charge is 0.489 e. The van der Waals surface area contributed by atoms with E-state index < -0.39 is 0 Å². The third-order valence-corrected chi connectivity index (χ3v) is 3.04. The van der Waals surface area contributed by atoms with Crippen LogP contribution in [-0.2, 0) is 0 Å². The Morgan fingerprint density at radius 1 is 1.17 bits per heavy atom. The lowest BCUT2D eigenvalue weighted by Crippen LogP contribution is -2.34. The summed E-state index contributed by atoms with van der Waals surface area (Å²) in [5, 5.41) is 5.84. The molecule has 23 heavy (non-hydrogen) atoms. The average Bonchev–Trinajstić information content (AvgIpc) is 2.54. The SMILES string of the molecule is C=C(C)COc1cccc(NC(=S)NC(=O)c2ccccc2)c1. The fourth-order valence-electron chi connectivity index (χ4n) is 1.80. The highest BCUT2D eigenvalue weighted by atomic mass is 32.1. The van der Waals surface area contributed by atoms with Gasteiger partial charge in [0, 0.05) is 17.3 Å². The van der Waals surface area contributed by atoms with Crippen LogP contribution in [0.3, 0.4) is 0 Å². The van der Waals surface area contributed by atoms with E-state index in [-0.39, 0.29) is 11.0 Å². The van der Waals surface area contributed by atoms with Crippen LogP contribution >= 0.6 is 12.2 Å². The van der Waals surface area contributed by atoms with Crippen LogP contribution in [0.2, 0.25) is 0 Å². The quantitative estimate of drug-likeness (QED) is 0.649. The molecular formula is C18H18N2O2S. The molecule has 2 rings (SSSR count). The lowest BCUT2D eigenvalue weighted by Gasteiger charge is -2.11. The molecule has 2 N–H and O–H groups in total. The Hall–Kier alpha value is -2.66. The number of carbonyl (C=O) groups excluding carboxylic acids is 1. The summed E-state index contributed by atoms with van der Waals surface area (Å²) in [6, 6.07) is 16.2. The van der Waals surface area contributed by atoms with Gasteiger partial charge < -0.3 is 10.1 Å². The van der Waals surface area contributed by atoms with Gasteiger partial charge in [-0.05, 0) is 49.0 Å². The second-order valence-corrected chi connectivity index (χ2v) is 5.46.